The molecule has 0 aromatic carbocycles. The van der Waals surface area contributed by atoms with Gasteiger partial charge in [0.05, 0.1) is 30.4 Å². The van der Waals surface area contributed by atoms with Crippen LogP contribution in [0.1, 0.15) is 26.7 Å². The molecule has 0 aromatic heterocycles. The fourth-order valence-electron chi connectivity index (χ4n) is 5.18. The minimum Gasteiger partial charge on any atom is -0.477 e. The number of thioether (sulfide) groups is 1. The summed E-state index contributed by atoms with van der Waals surface area (Å²) in [4.78, 5) is 40.9. The Morgan fingerprint density at radius 3 is 2.77 bits per heavy atom. The topological polar surface area (TPSA) is 146 Å². The lowest BCUT2D eigenvalue weighted by Gasteiger charge is -2.46. The van der Waals surface area contributed by atoms with Crippen LogP contribution >= 0.6 is 11.8 Å². The molecule has 4 aliphatic heterocycles. The predicted molar refractivity (Wildman–Crippen MR) is 114 cm³/mol. The van der Waals surface area contributed by atoms with Crippen molar-refractivity contribution in [2.24, 2.45) is 11.8 Å². The van der Waals surface area contributed by atoms with Crippen LogP contribution in [0.15, 0.2) is 10.6 Å². The van der Waals surface area contributed by atoms with Gasteiger partial charge in [0.2, 0.25) is 11.8 Å². The fourth-order valence-corrected chi connectivity index (χ4v) is 6.65. The highest BCUT2D eigenvalue weighted by molar-refractivity contribution is 8.03. The minimum absolute atomic E-state index is 0.0167. The second kappa shape index (κ2) is 8.44. The van der Waals surface area contributed by atoms with Gasteiger partial charge in [-0.3, -0.25) is 15.0 Å². The van der Waals surface area contributed by atoms with E-state index in [1.807, 2.05) is 11.8 Å². The second-order valence-electron chi connectivity index (χ2n) is 8.83. The van der Waals surface area contributed by atoms with Crippen LogP contribution in [0, 0.1) is 17.2 Å². The smallest absolute Gasteiger partial charge is 0.353 e. The van der Waals surface area contributed by atoms with Crippen molar-refractivity contribution < 1.29 is 24.6 Å². The minimum atomic E-state index is -1.13. The monoisotopic (exact) mass is 451 g/mol. The Morgan fingerprint density at radius 1 is 1.42 bits per heavy atom. The highest BCUT2D eigenvalue weighted by Crippen LogP contribution is 2.51. The van der Waals surface area contributed by atoms with Gasteiger partial charge in [-0.2, -0.15) is 0 Å². The maximum atomic E-state index is 12.6. The first-order valence-corrected chi connectivity index (χ1v) is 11.5. The largest absolute Gasteiger partial charge is 0.477 e. The van der Waals surface area contributed by atoms with Crippen LogP contribution in [0.3, 0.4) is 0 Å². The lowest BCUT2D eigenvalue weighted by molar-refractivity contribution is -0.163. The van der Waals surface area contributed by atoms with Crippen LogP contribution in [-0.4, -0.2) is 93.2 Å². The van der Waals surface area contributed by atoms with Crippen LogP contribution in [0.25, 0.3) is 0 Å². The van der Waals surface area contributed by atoms with Crippen molar-refractivity contribution in [3.8, 4) is 0 Å². The maximum absolute atomic E-state index is 12.6. The summed E-state index contributed by atoms with van der Waals surface area (Å²) in [5.41, 5.74) is 0.0231. The van der Waals surface area contributed by atoms with Crippen LogP contribution in [-0.2, 0) is 14.4 Å². The molecule has 0 saturated carbocycles. The highest BCUT2D eigenvalue weighted by Gasteiger charge is 2.60. The summed E-state index contributed by atoms with van der Waals surface area (Å²) in [7, 11) is 0. The summed E-state index contributed by atoms with van der Waals surface area (Å²) in [5.74, 6) is -2.29. The Morgan fingerprint density at radius 2 is 2.16 bits per heavy atom. The average molecular weight is 452 g/mol. The van der Waals surface area contributed by atoms with Crippen LogP contribution < -0.4 is 10.6 Å². The van der Waals surface area contributed by atoms with Crippen molar-refractivity contribution in [3.05, 3.63) is 10.6 Å². The van der Waals surface area contributed by atoms with Crippen LogP contribution in [0.2, 0.25) is 0 Å². The lowest BCUT2D eigenvalue weighted by atomic mass is 9.79. The molecule has 0 aliphatic carbocycles. The zero-order valence-electron chi connectivity index (χ0n) is 17.6. The first-order valence-electron chi connectivity index (χ1n) is 10.7. The number of rotatable bonds is 7. The Labute approximate surface area is 184 Å². The molecule has 6 unspecified atom stereocenters. The Hall–Kier alpha value is -2.11. The number of nitrogens with zero attached hydrogens (tertiary/aromatic N) is 2. The number of aliphatic hydroxyl groups is 1. The number of hydrogen-bond acceptors (Lipinski definition) is 7. The number of carbonyl (C=O) groups is 3. The number of β-lactam (4-membered cyclic amide) rings is 1. The van der Waals surface area contributed by atoms with E-state index in [0.717, 1.165) is 13.0 Å². The number of likely N-dealkylation sites (tertiary alicyclic amines) is 1. The normalized spacial score (nSPS) is 35.8. The molecule has 0 bridgehead atoms. The first kappa shape index (κ1) is 22.1. The van der Waals surface area contributed by atoms with Crippen molar-refractivity contribution in [3.63, 3.8) is 0 Å². The molecule has 7 atom stereocenters. The molecular weight excluding hydrogens is 422 g/mol. The molecule has 11 heteroatoms. The number of carbonyl (C=O) groups excluding carboxylic acids is 2. The third-order valence-corrected chi connectivity index (χ3v) is 8.27. The summed E-state index contributed by atoms with van der Waals surface area (Å²) in [5, 5.41) is 33.3. The van der Waals surface area contributed by atoms with Gasteiger partial charge < -0.3 is 30.6 Å². The molecule has 3 saturated heterocycles. The molecule has 0 radical (unpaired) electrons. The summed E-state index contributed by atoms with van der Waals surface area (Å²) < 4.78 is 0. The summed E-state index contributed by atoms with van der Waals surface area (Å²) in [6, 6.07) is -0.639. The van der Waals surface area contributed by atoms with Crippen molar-refractivity contribution in [1.29, 1.82) is 5.41 Å². The Balaban J connectivity index is 1.39. The van der Waals surface area contributed by atoms with E-state index in [1.165, 1.54) is 23.0 Å². The van der Waals surface area contributed by atoms with Gasteiger partial charge in [0.15, 0.2) is 0 Å². The number of aliphatic hydroxyl groups excluding tert-OH is 1. The van der Waals surface area contributed by atoms with E-state index in [4.69, 9.17) is 5.41 Å². The molecule has 4 aliphatic rings. The molecule has 5 N–H and O–H groups in total. The van der Waals surface area contributed by atoms with Crippen molar-refractivity contribution in [2.45, 2.75) is 56.2 Å². The number of hydrogen-bond donors (Lipinski definition) is 5. The summed E-state index contributed by atoms with van der Waals surface area (Å²) in [6.07, 6.45) is 1.85. The van der Waals surface area contributed by atoms with E-state index >= 15 is 0 Å². The molecule has 4 rings (SSSR count). The summed E-state index contributed by atoms with van der Waals surface area (Å²) >= 11 is 1.43. The van der Waals surface area contributed by atoms with Gasteiger partial charge in [-0.05, 0) is 19.8 Å². The Kier molecular flexibility index (Phi) is 6.01. The van der Waals surface area contributed by atoms with Gasteiger partial charge in [-0.25, -0.2) is 4.79 Å². The van der Waals surface area contributed by atoms with E-state index in [9.17, 15) is 24.6 Å². The average Bonchev–Trinajstić information content (AvgIpc) is 3.40. The van der Waals surface area contributed by atoms with Crippen molar-refractivity contribution >= 4 is 35.9 Å². The number of amides is 2. The van der Waals surface area contributed by atoms with Gasteiger partial charge >= 0.3 is 5.97 Å². The van der Waals surface area contributed by atoms with Gasteiger partial charge in [0, 0.05) is 41.7 Å². The molecule has 31 heavy (non-hydrogen) atoms. The van der Waals surface area contributed by atoms with Gasteiger partial charge in [0.1, 0.15) is 5.70 Å². The highest BCUT2D eigenvalue weighted by atomic mass is 32.2. The molecule has 0 aromatic rings. The zero-order chi connectivity index (χ0) is 22.4. The maximum Gasteiger partial charge on any atom is 0.353 e. The van der Waals surface area contributed by atoms with Gasteiger partial charge in [0.25, 0.3) is 0 Å². The SMILES string of the molecule is CC(O)C1C(=O)N2C(C(=O)O)=C(SC3CNC(C(=O)NC4CCN(C=N)C4)C3)C(C)[C@@H]12. The van der Waals surface area contributed by atoms with Gasteiger partial charge in [-0.1, -0.05) is 6.92 Å². The van der Waals surface area contributed by atoms with E-state index in [1.54, 1.807) is 6.92 Å². The van der Waals surface area contributed by atoms with E-state index in [-0.39, 0.29) is 46.8 Å². The molecule has 3 fully saturated rings. The van der Waals surface area contributed by atoms with Crippen LogP contribution in [0.4, 0.5) is 0 Å². The van der Waals surface area contributed by atoms with Crippen LogP contribution in [0.5, 0.6) is 0 Å². The predicted octanol–water partition coefficient (Wildman–Crippen LogP) is -0.599. The number of aliphatic carboxylic acids is 1. The second-order valence-corrected chi connectivity index (χ2v) is 10.2. The number of carboxylic acid groups (broad SMARTS) is 1. The standard InChI is InChI=1S/C20H29N5O5S/c1-9-15-14(10(2)26)19(28)25(15)16(20(29)30)17(9)31-12-5-13(22-6-12)18(27)23-11-3-4-24(7-11)8-21/h8-15,21-22,26H,3-7H2,1-2H3,(H,23,27)(H,29,30)/t9?,10?,11?,12?,13?,14?,15-/m0/s1. The molecule has 2 amide bonds. The molecular formula is C20H29N5O5S. The fraction of sp³-hybridized carbons (Fsp3) is 0.700. The van der Waals surface area contributed by atoms with E-state index < -0.39 is 18.0 Å². The number of nitrogens with one attached hydrogen (secondary N) is 3. The van der Waals surface area contributed by atoms with Gasteiger partial charge in [-0.15, -0.1) is 11.8 Å². The first-order chi connectivity index (χ1) is 14.7. The quantitative estimate of drug-likeness (QED) is 0.196. The number of carboxylic acids is 1. The summed E-state index contributed by atoms with van der Waals surface area (Å²) in [6.45, 7) is 5.44. The molecule has 0 spiro atoms. The molecule has 10 nitrogen and oxygen atoms in total. The lowest BCUT2D eigenvalue weighted by Crippen LogP contribution is -2.63. The van der Waals surface area contributed by atoms with E-state index in [0.29, 0.717) is 24.4 Å². The zero-order valence-corrected chi connectivity index (χ0v) is 18.4. The molecule has 4 heterocycles. The molecule has 170 valence electrons. The number of fused-ring (bicyclic) bond motifs is 1. The van der Waals surface area contributed by atoms with Crippen molar-refractivity contribution in [1.82, 2.24) is 20.4 Å². The Bertz CT molecular complexity index is 833. The third kappa shape index (κ3) is 3.83. The van der Waals surface area contributed by atoms with E-state index in [2.05, 4.69) is 10.6 Å². The third-order valence-electron chi connectivity index (χ3n) is 6.76. The van der Waals surface area contributed by atoms with Crippen molar-refractivity contribution in [2.75, 3.05) is 19.6 Å².